The highest BCUT2D eigenvalue weighted by atomic mass is 16.5. The van der Waals surface area contributed by atoms with Crippen molar-refractivity contribution in [1.29, 1.82) is 0 Å². The first-order valence-corrected chi connectivity index (χ1v) is 7.15. The summed E-state index contributed by atoms with van der Waals surface area (Å²) in [6, 6.07) is 14.3. The van der Waals surface area contributed by atoms with Gasteiger partial charge in [0.1, 0.15) is 17.2 Å². The Balaban J connectivity index is 2.16. The molecule has 0 spiro atoms. The average Bonchev–Trinajstić information content (AvgIpc) is 2.91. The molecule has 3 nitrogen and oxygen atoms in total. The Kier molecular flexibility index (Phi) is 2.76. The molecule has 0 saturated heterocycles. The summed E-state index contributed by atoms with van der Waals surface area (Å²) in [7, 11) is 5.10. The van der Waals surface area contributed by atoms with Gasteiger partial charge in [0.05, 0.1) is 21.3 Å². The normalized spacial score (nSPS) is 11.4. The third kappa shape index (κ3) is 1.56. The fourth-order valence-electron chi connectivity index (χ4n) is 3.33. The molecule has 0 fully saturated rings. The number of methoxy groups -OCH3 is 3. The topological polar surface area (TPSA) is 27.7 Å². The minimum atomic E-state index is 0.856. The summed E-state index contributed by atoms with van der Waals surface area (Å²) in [5, 5.41) is 2.29. The van der Waals surface area contributed by atoms with Gasteiger partial charge in [0.2, 0.25) is 0 Å². The molecule has 0 bridgehead atoms. The molecule has 0 heterocycles. The maximum Gasteiger partial charge on any atom is 0.127 e. The number of benzene rings is 3. The van der Waals surface area contributed by atoms with E-state index in [1.165, 1.54) is 22.1 Å². The third-order valence-corrected chi connectivity index (χ3v) is 4.33. The van der Waals surface area contributed by atoms with Gasteiger partial charge in [-0.25, -0.2) is 0 Å². The van der Waals surface area contributed by atoms with E-state index in [4.69, 9.17) is 14.2 Å². The van der Waals surface area contributed by atoms with Crippen LogP contribution in [0.1, 0.15) is 0 Å². The number of hydrogen-bond acceptors (Lipinski definition) is 3. The zero-order valence-electron chi connectivity index (χ0n) is 12.8. The number of ether oxygens (including phenoxy) is 3. The quantitative estimate of drug-likeness (QED) is 0.556. The van der Waals surface area contributed by atoms with E-state index in [9.17, 15) is 0 Å². The first-order chi connectivity index (χ1) is 10.8. The monoisotopic (exact) mass is 292 g/mol. The number of rotatable bonds is 3. The third-order valence-electron chi connectivity index (χ3n) is 4.33. The lowest BCUT2D eigenvalue weighted by molar-refractivity contribution is 0.414. The summed E-state index contributed by atoms with van der Waals surface area (Å²) in [6.07, 6.45) is 0. The van der Waals surface area contributed by atoms with Gasteiger partial charge in [-0.15, -0.1) is 0 Å². The standard InChI is InChI=1S/C19H16O3/c1-20-11-4-5-13-15(10-11)12-6-8-16(21-2)14-7-9-17(22-3)19(13)18(12)14/h4-10H,1-3H3. The molecular formula is C19H16O3. The Labute approximate surface area is 129 Å². The highest BCUT2D eigenvalue weighted by Gasteiger charge is 2.26. The highest BCUT2D eigenvalue weighted by molar-refractivity contribution is 6.18. The van der Waals surface area contributed by atoms with Crippen molar-refractivity contribution in [2.75, 3.05) is 21.3 Å². The van der Waals surface area contributed by atoms with Crippen molar-refractivity contribution in [3.05, 3.63) is 42.5 Å². The molecule has 3 aromatic carbocycles. The SMILES string of the molecule is COc1ccc2c(c1)-c1ccc(OC)c3ccc(OC)c-2c13. The van der Waals surface area contributed by atoms with Crippen LogP contribution in [-0.2, 0) is 0 Å². The molecule has 3 heteroatoms. The molecule has 1 aliphatic carbocycles. The summed E-state index contributed by atoms with van der Waals surface area (Å²) in [6.45, 7) is 0. The second-order valence-electron chi connectivity index (χ2n) is 5.29. The summed E-state index contributed by atoms with van der Waals surface area (Å²) in [5.74, 6) is 2.61. The lowest BCUT2D eigenvalue weighted by Crippen LogP contribution is -1.89. The Bertz CT molecular complexity index is 897. The molecule has 0 aliphatic heterocycles. The van der Waals surface area contributed by atoms with E-state index in [1.54, 1.807) is 21.3 Å². The Morgan fingerprint density at radius 1 is 0.636 bits per heavy atom. The van der Waals surface area contributed by atoms with E-state index < -0.39 is 0 Å². The summed E-state index contributed by atoms with van der Waals surface area (Å²) < 4.78 is 16.5. The van der Waals surface area contributed by atoms with Crippen LogP contribution < -0.4 is 14.2 Å². The minimum Gasteiger partial charge on any atom is -0.497 e. The van der Waals surface area contributed by atoms with E-state index in [0.717, 1.165) is 28.2 Å². The van der Waals surface area contributed by atoms with Gasteiger partial charge in [-0.2, -0.15) is 0 Å². The maximum absolute atomic E-state index is 5.59. The van der Waals surface area contributed by atoms with Crippen molar-refractivity contribution in [1.82, 2.24) is 0 Å². The second kappa shape index (κ2) is 4.67. The van der Waals surface area contributed by atoms with Gasteiger partial charge in [0.25, 0.3) is 0 Å². The van der Waals surface area contributed by atoms with Crippen LogP contribution >= 0.6 is 0 Å². The zero-order chi connectivity index (χ0) is 15.3. The second-order valence-corrected chi connectivity index (χ2v) is 5.29. The number of hydrogen-bond donors (Lipinski definition) is 0. The van der Waals surface area contributed by atoms with Crippen LogP contribution in [0.4, 0.5) is 0 Å². The van der Waals surface area contributed by atoms with Crippen molar-refractivity contribution in [2.45, 2.75) is 0 Å². The van der Waals surface area contributed by atoms with E-state index in [-0.39, 0.29) is 0 Å². The molecular weight excluding hydrogens is 276 g/mol. The Hall–Kier alpha value is -2.68. The van der Waals surface area contributed by atoms with Gasteiger partial charge in [0, 0.05) is 16.3 Å². The first-order valence-electron chi connectivity index (χ1n) is 7.15. The molecule has 1 aliphatic rings. The van der Waals surface area contributed by atoms with Crippen molar-refractivity contribution in [3.63, 3.8) is 0 Å². The highest BCUT2D eigenvalue weighted by Crippen LogP contribution is 2.53. The molecule has 4 rings (SSSR count). The van der Waals surface area contributed by atoms with Crippen LogP contribution in [0, 0.1) is 0 Å². The van der Waals surface area contributed by atoms with Crippen LogP contribution in [0.2, 0.25) is 0 Å². The fraction of sp³-hybridized carbons (Fsp3) is 0.158. The molecule has 22 heavy (non-hydrogen) atoms. The van der Waals surface area contributed by atoms with E-state index >= 15 is 0 Å². The van der Waals surface area contributed by atoms with Crippen LogP contribution in [0.3, 0.4) is 0 Å². The summed E-state index contributed by atoms with van der Waals surface area (Å²) in [5.41, 5.74) is 4.67. The maximum atomic E-state index is 5.59. The zero-order valence-corrected chi connectivity index (χ0v) is 12.8. The predicted octanol–water partition coefficient (Wildman–Crippen LogP) is 4.51. The molecule has 3 aromatic rings. The summed E-state index contributed by atoms with van der Waals surface area (Å²) >= 11 is 0. The molecule has 0 amide bonds. The van der Waals surface area contributed by atoms with Crippen molar-refractivity contribution in [3.8, 4) is 39.5 Å². The van der Waals surface area contributed by atoms with Crippen LogP contribution in [0.15, 0.2) is 42.5 Å². The molecule has 0 atom stereocenters. The van der Waals surface area contributed by atoms with Crippen LogP contribution in [0.25, 0.3) is 33.0 Å². The van der Waals surface area contributed by atoms with Gasteiger partial charge >= 0.3 is 0 Å². The minimum absolute atomic E-state index is 0.856. The molecule has 0 unspecified atom stereocenters. The Morgan fingerprint density at radius 3 is 2.09 bits per heavy atom. The van der Waals surface area contributed by atoms with Crippen molar-refractivity contribution in [2.24, 2.45) is 0 Å². The van der Waals surface area contributed by atoms with Gasteiger partial charge < -0.3 is 14.2 Å². The predicted molar refractivity (Wildman–Crippen MR) is 88.0 cm³/mol. The van der Waals surface area contributed by atoms with Gasteiger partial charge in [-0.05, 0) is 53.1 Å². The van der Waals surface area contributed by atoms with Gasteiger partial charge in [-0.3, -0.25) is 0 Å². The lowest BCUT2D eigenvalue weighted by Gasteiger charge is -2.11. The average molecular weight is 292 g/mol. The van der Waals surface area contributed by atoms with E-state index in [2.05, 4.69) is 24.3 Å². The molecule has 0 radical (unpaired) electrons. The molecule has 110 valence electrons. The fourth-order valence-corrected chi connectivity index (χ4v) is 3.33. The van der Waals surface area contributed by atoms with E-state index in [1.807, 2.05) is 18.2 Å². The molecule has 0 saturated carbocycles. The van der Waals surface area contributed by atoms with Gasteiger partial charge in [0.15, 0.2) is 0 Å². The van der Waals surface area contributed by atoms with Gasteiger partial charge in [-0.1, -0.05) is 6.07 Å². The van der Waals surface area contributed by atoms with Crippen LogP contribution in [0.5, 0.6) is 17.2 Å². The van der Waals surface area contributed by atoms with Crippen molar-refractivity contribution >= 4 is 10.8 Å². The lowest BCUT2D eigenvalue weighted by atomic mass is 10.0. The Morgan fingerprint density at radius 2 is 1.36 bits per heavy atom. The van der Waals surface area contributed by atoms with Crippen LogP contribution in [-0.4, -0.2) is 21.3 Å². The smallest absolute Gasteiger partial charge is 0.127 e. The molecule has 0 N–H and O–H groups in total. The van der Waals surface area contributed by atoms with E-state index in [0.29, 0.717) is 0 Å². The number of fused-ring (bicyclic) bond motifs is 3. The summed E-state index contributed by atoms with van der Waals surface area (Å²) in [4.78, 5) is 0. The first kappa shape index (κ1) is 13.0. The largest absolute Gasteiger partial charge is 0.497 e. The van der Waals surface area contributed by atoms with Crippen molar-refractivity contribution < 1.29 is 14.2 Å². The molecule has 0 aromatic heterocycles.